The molecule has 0 aliphatic rings. The highest BCUT2D eigenvalue weighted by Crippen LogP contribution is 2.25. The zero-order valence-electron chi connectivity index (χ0n) is 13.8. The molecular formula is C17H28F2N2. The molecule has 1 N–H and O–H groups in total. The van der Waals surface area contributed by atoms with Gasteiger partial charge in [0.2, 0.25) is 0 Å². The summed E-state index contributed by atoms with van der Waals surface area (Å²) in [5.41, 5.74) is 0.717. The minimum Gasteiger partial charge on any atom is -0.370 e. The van der Waals surface area contributed by atoms with Gasteiger partial charge in [-0.25, -0.2) is 8.78 Å². The van der Waals surface area contributed by atoms with Crippen molar-refractivity contribution in [3.63, 3.8) is 0 Å². The van der Waals surface area contributed by atoms with Crippen molar-refractivity contribution in [2.24, 2.45) is 11.8 Å². The van der Waals surface area contributed by atoms with E-state index in [1.807, 2.05) is 0 Å². The van der Waals surface area contributed by atoms with Crippen molar-refractivity contribution in [2.45, 2.75) is 40.7 Å². The molecule has 1 rings (SSSR count). The number of benzene rings is 1. The fourth-order valence-corrected chi connectivity index (χ4v) is 2.28. The lowest BCUT2D eigenvalue weighted by molar-refractivity contribution is 0.527. The van der Waals surface area contributed by atoms with Crippen molar-refractivity contribution in [3.8, 4) is 0 Å². The molecule has 4 heteroatoms. The molecule has 0 heterocycles. The monoisotopic (exact) mass is 298 g/mol. The van der Waals surface area contributed by atoms with E-state index in [9.17, 15) is 8.78 Å². The number of rotatable bonds is 8. The number of hydrogen-bond donors (Lipinski definition) is 1. The van der Waals surface area contributed by atoms with E-state index < -0.39 is 11.6 Å². The van der Waals surface area contributed by atoms with Gasteiger partial charge in [-0.2, -0.15) is 0 Å². The second kappa shape index (κ2) is 8.32. The molecule has 0 aliphatic carbocycles. The smallest absolute Gasteiger partial charge is 0.149 e. The Morgan fingerprint density at radius 3 is 2.19 bits per heavy atom. The van der Waals surface area contributed by atoms with Gasteiger partial charge in [-0.3, -0.25) is 0 Å². The molecule has 0 saturated carbocycles. The van der Waals surface area contributed by atoms with Crippen LogP contribution in [0, 0.1) is 23.5 Å². The summed E-state index contributed by atoms with van der Waals surface area (Å²) in [5.74, 6) is -0.0499. The first-order chi connectivity index (χ1) is 9.85. The highest BCUT2D eigenvalue weighted by molar-refractivity contribution is 5.50. The molecule has 120 valence electrons. The number of nitrogens with one attached hydrogen (secondary N) is 1. The summed E-state index contributed by atoms with van der Waals surface area (Å²) in [6, 6.07) is 2.86. The zero-order chi connectivity index (χ0) is 16.0. The summed E-state index contributed by atoms with van der Waals surface area (Å²) < 4.78 is 28.4. The molecule has 0 saturated heterocycles. The van der Waals surface area contributed by atoms with Gasteiger partial charge in [0.1, 0.15) is 17.3 Å². The predicted octanol–water partition coefficient (Wildman–Crippen LogP) is 4.19. The third-order valence-corrected chi connectivity index (χ3v) is 3.62. The molecule has 0 aliphatic heterocycles. The summed E-state index contributed by atoms with van der Waals surface area (Å²) in [6.45, 7) is 10.3. The van der Waals surface area contributed by atoms with E-state index in [0.29, 0.717) is 30.5 Å². The largest absolute Gasteiger partial charge is 0.370 e. The first-order valence-electron chi connectivity index (χ1n) is 7.74. The van der Waals surface area contributed by atoms with Crippen molar-refractivity contribution in [1.82, 2.24) is 5.32 Å². The third-order valence-electron chi connectivity index (χ3n) is 3.62. The molecule has 0 bridgehead atoms. The number of halogens is 2. The Hall–Kier alpha value is -1.16. The second-order valence-corrected chi connectivity index (χ2v) is 6.33. The van der Waals surface area contributed by atoms with Gasteiger partial charge in [0, 0.05) is 20.1 Å². The molecule has 0 fully saturated rings. The van der Waals surface area contributed by atoms with E-state index in [4.69, 9.17) is 0 Å². The van der Waals surface area contributed by atoms with Crippen molar-refractivity contribution in [1.29, 1.82) is 0 Å². The summed E-state index contributed by atoms with van der Waals surface area (Å²) in [6.07, 6.45) is 0.991. The summed E-state index contributed by atoms with van der Waals surface area (Å²) in [4.78, 5) is 1.67. The quantitative estimate of drug-likeness (QED) is 0.774. The third kappa shape index (κ3) is 5.62. The molecule has 0 radical (unpaired) electrons. The number of anilines is 1. The zero-order valence-corrected chi connectivity index (χ0v) is 13.8. The van der Waals surface area contributed by atoms with Gasteiger partial charge in [0.15, 0.2) is 0 Å². The lowest BCUT2D eigenvalue weighted by Gasteiger charge is -2.24. The van der Waals surface area contributed by atoms with E-state index in [1.165, 1.54) is 12.1 Å². The van der Waals surface area contributed by atoms with Crippen LogP contribution in [-0.2, 0) is 6.54 Å². The summed E-state index contributed by atoms with van der Waals surface area (Å²) in [7, 11) is 1.74. The molecule has 1 aromatic carbocycles. The SMILES string of the molecule is CCC(C)CN(C)c1c(F)cc(CNCC(C)C)cc1F. The van der Waals surface area contributed by atoms with Crippen LogP contribution in [0.15, 0.2) is 12.1 Å². The first-order valence-corrected chi connectivity index (χ1v) is 7.74. The molecule has 1 atom stereocenters. The Balaban J connectivity index is 2.79. The van der Waals surface area contributed by atoms with Gasteiger partial charge < -0.3 is 10.2 Å². The Morgan fingerprint density at radius 1 is 1.14 bits per heavy atom. The molecule has 2 nitrogen and oxygen atoms in total. The van der Waals surface area contributed by atoms with Crippen molar-refractivity contribution in [3.05, 3.63) is 29.3 Å². The van der Waals surface area contributed by atoms with Gasteiger partial charge in [-0.1, -0.05) is 34.1 Å². The fourth-order valence-electron chi connectivity index (χ4n) is 2.28. The van der Waals surface area contributed by atoms with Crippen LogP contribution in [0.1, 0.15) is 39.7 Å². The molecule has 21 heavy (non-hydrogen) atoms. The molecule has 0 amide bonds. The molecule has 0 spiro atoms. The maximum atomic E-state index is 14.2. The van der Waals surface area contributed by atoms with Gasteiger partial charge >= 0.3 is 0 Å². The number of hydrogen-bond acceptors (Lipinski definition) is 2. The van der Waals surface area contributed by atoms with Crippen LogP contribution in [-0.4, -0.2) is 20.1 Å². The highest BCUT2D eigenvalue weighted by atomic mass is 19.1. The topological polar surface area (TPSA) is 15.3 Å². The highest BCUT2D eigenvalue weighted by Gasteiger charge is 2.16. The molecule has 1 aromatic rings. The van der Waals surface area contributed by atoms with Gasteiger partial charge in [0.25, 0.3) is 0 Å². The van der Waals surface area contributed by atoms with E-state index >= 15 is 0 Å². The van der Waals surface area contributed by atoms with Crippen molar-refractivity contribution >= 4 is 5.69 Å². The Bertz CT molecular complexity index is 423. The average molecular weight is 298 g/mol. The van der Waals surface area contributed by atoms with Crippen LogP contribution in [0.25, 0.3) is 0 Å². The standard InChI is InChI=1S/C17H28F2N2/c1-6-13(4)11-21(5)17-15(18)7-14(8-16(17)19)10-20-9-12(2)3/h7-8,12-13,20H,6,9-11H2,1-5H3. The van der Waals surface area contributed by atoms with Crippen LogP contribution >= 0.6 is 0 Å². The Labute approximate surface area is 127 Å². The van der Waals surface area contributed by atoms with Crippen LogP contribution in [0.2, 0.25) is 0 Å². The van der Waals surface area contributed by atoms with Crippen LogP contribution in [0.3, 0.4) is 0 Å². The number of nitrogens with zero attached hydrogens (tertiary/aromatic N) is 1. The lowest BCUT2D eigenvalue weighted by atomic mass is 10.1. The van der Waals surface area contributed by atoms with E-state index in [2.05, 4.69) is 33.0 Å². The van der Waals surface area contributed by atoms with E-state index in [-0.39, 0.29) is 5.69 Å². The first kappa shape index (κ1) is 17.9. The molecular weight excluding hydrogens is 270 g/mol. The van der Waals surface area contributed by atoms with Crippen LogP contribution in [0.4, 0.5) is 14.5 Å². The van der Waals surface area contributed by atoms with Gasteiger partial charge in [-0.05, 0) is 36.1 Å². The van der Waals surface area contributed by atoms with Crippen LogP contribution < -0.4 is 10.2 Å². The van der Waals surface area contributed by atoms with Gasteiger partial charge in [0.05, 0.1) is 0 Å². The van der Waals surface area contributed by atoms with Gasteiger partial charge in [-0.15, -0.1) is 0 Å². The average Bonchev–Trinajstić information content (AvgIpc) is 2.37. The Morgan fingerprint density at radius 2 is 1.71 bits per heavy atom. The maximum Gasteiger partial charge on any atom is 0.149 e. The van der Waals surface area contributed by atoms with E-state index in [0.717, 1.165) is 13.0 Å². The maximum absolute atomic E-state index is 14.2. The fraction of sp³-hybridized carbons (Fsp3) is 0.647. The molecule has 1 unspecified atom stereocenters. The minimum absolute atomic E-state index is 0.0721. The minimum atomic E-state index is -0.484. The second-order valence-electron chi connectivity index (χ2n) is 6.33. The predicted molar refractivity (Wildman–Crippen MR) is 85.6 cm³/mol. The molecule has 0 aromatic heterocycles. The van der Waals surface area contributed by atoms with Crippen LogP contribution in [0.5, 0.6) is 0 Å². The normalized spacial score (nSPS) is 12.8. The summed E-state index contributed by atoms with van der Waals surface area (Å²) in [5, 5.41) is 3.20. The van der Waals surface area contributed by atoms with E-state index in [1.54, 1.807) is 11.9 Å². The summed E-state index contributed by atoms with van der Waals surface area (Å²) >= 11 is 0. The Kier molecular flexibility index (Phi) is 7.09. The van der Waals surface area contributed by atoms with Crippen molar-refractivity contribution < 1.29 is 8.78 Å². The lowest BCUT2D eigenvalue weighted by Crippen LogP contribution is -2.26. The van der Waals surface area contributed by atoms with Crippen molar-refractivity contribution in [2.75, 3.05) is 25.0 Å².